The van der Waals surface area contributed by atoms with Crippen molar-refractivity contribution in [3.63, 3.8) is 0 Å². The lowest BCUT2D eigenvalue weighted by Gasteiger charge is -2.26. The molecule has 0 radical (unpaired) electrons. The smallest absolute Gasteiger partial charge is 0.393 e. The molecule has 1 N–H and O–H groups in total. The highest BCUT2D eigenvalue weighted by Gasteiger charge is 2.24. The highest BCUT2D eigenvalue weighted by atomic mass is 28.4. The van der Waals surface area contributed by atoms with Crippen molar-refractivity contribution in [2.45, 2.75) is 78.0 Å². The van der Waals surface area contributed by atoms with Gasteiger partial charge in [-0.25, -0.2) is 4.79 Å². The predicted octanol–water partition coefficient (Wildman–Crippen LogP) is 4.35. The minimum Gasteiger partial charge on any atom is -0.504 e. The van der Waals surface area contributed by atoms with E-state index in [9.17, 15) is 4.79 Å². The Morgan fingerprint density at radius 3 is 2.25 bits per heavy atom. The summed E-state index contributed by atoms with van der Waals surface area (Å²) in [5.41, 5.74) is 0. The molecule has 0 bridgehead atoms. The molecule has 0 spiro atoms. The highest BCUT2D eigenvalue weighted by molar-refractivity contribution is 6.71. The minimum absolute atomic E-state index is 0.267. The highest BCUT2D eigenvalue weighted by Crippen LogP contribution is 2.18. The Morgan fingerprint density at radius 1 is 1.15 bits per heavy atom. The maximum atomic E-state index is 11.5. The maximum Gasteiger partial charge on any atom is 0.393 e. The number of rotatable bonds is 9. The van der Waals surface area contributed by atoms with Gasteiger partial charge in [-0.3, -0.25) is 0 Å². The number of nitrogens with one attached hydrogen (secondary N) is 1. The summed E-state index contributed by atoms with van der Waals surface area (Å²) in [7, 11) is -3.31. The normalized spacial score (nSPS) is 13.9. The third-order valence-corrected chi connectivity index (χ3v) is 6.36. The first-order chi connectivity index (χ1) is 9.06. The average molecular weight is 320 g/mol. The minimum atomic E-state index is -1.77. The second-order valence-electron chi connectivity index (χ2n) is 6.98. The van der Waals surface area contributed by atoms with Gasteiger partial charge in [0.1, 0.15) is 0 Å². The first-order valence-corrected chi connectivity index (χ1v) is 14.2. The van der Waals surface area contributed by atoms with Gasteiger partial charge < -0.3 is 14.2 Å². The molecule has 0 aliphatic rings. The standard InChI is InChI=1S/C14H33NO3Si2/c1-8-13(2)17-20(6,7)12-10-9-11-15-14(16)18-19(3,4)5/h13H,8-12H2,1-7H3,(H,15,16). The molecule has 6 heteroatoms. The van der Waals surface area contributed by atoms with Crippen LogP contribution in [0.1, 0.15) is 33.1 Å². The lowest BCUT2D eigenvalue weighted by atomic mass is 10.3. The first-order valence-electron chi connectivity index (χ1n) is 7.70. The van der Waals surface area contributed by atoms with Crippen molar-refractivity contribution in [3.8, 4) is 0 Å². The molecule has 1 unspecified atom stereocenters. The molecule has 0 rings (SSSR count). The number of amides is 1. The summed E-state index contributed by atoms with van der Waals surface area (Å²) in [5, 5.41) is 2.83. The van der Waals surface area contributed by atoms with Gasteiger partial charge in [0, 0.05) is 12.6 Å². The van der Waals surface area contributed by atoms with Gasteiger partial charge in [0.15, 0.2) is 8.32 Å². The Kier molecular flexibility index (Phi) is 8.69. The van der Waals surface area contributed by atoms with Crippen LogP contribution in [0.3, 0.4) is 0 Å². The molecule has 0 aliphatic carbocycles. The van der Waals surface area contributed by atoms with Crippen molar-refractivity contribution in [2.24, 2.45) is 0 Å². The Labute approximate surface area is 126 Å². The predicted molar refractivity (Wildman–Crippen MR) is 90.2 cm³/mol. The van der Waals surface area contributed by atoms with Gasteiger partial charge in [-0.1, -0.05) is 13.3 Å². The molecular weight excluding hydrogens is 286 g/mol. The van der Waals surface area contributed by atoms with E-state index in [1.807, 2.05) is 19.6 Å². The van der Waals surface area contributed by atoms with E-state index in [1.54, 1.807) is 0 Å². The molecule has 0 fully saturated rings. The molecule has 0 heterocycles. The van der Waals surface area contributed by atoms with Gasteiger partial charge in [0.25, 0.3) is 0 Å². The van der Waals surface area contributed by atoms with E-state index in [2.05, 4.69) is 32.3 Å². The molecule has 0 aliphatic heterocycles. The van der Waals surface area contributed by atoms with Crippen LogP contribution in [0.15, 0.2) is 0 Å². The fraction of sp³-hybridized carbons (Fsp3) is 0.929. The number of unbranched alkanes of at least 4 members (excludes halogenated alkanes) is 1. The van der Waals surface area contributed by atoms with Gasteiger partial charge in [-0.05, 0) is 58.5 Å². The molecule has 4 nitrogen and oxygen atoms in total. The fourth-order valence-electron chi connectivity index (χ4n) is 1.87. The molecule has 0 aromatic rings. The average Bonchev–Trinajstić information content (AvgIpc) is 2.25. The summed E-state index contributed by atoms with van der Waals surface area (Å²) < 4.78 is 11.4. The van der Waals surface area contributed by atoms with E-state index in [4.69, 9.17) is 8.85 Å². The summed E-state index contributed by atoms with van der Waals surface area (Å²) in [4.78, 5) is 11.5. The summed E-state index contributed by atoms with van der Waals surface area (Å²) >= 11 is 0. The zero-order valence-electron chi connectivity index (χ0n) is 14.3. The Balaban J connectivity index is 3.73. The maximum absolute atomic E-state index is 11.5. The number of carbonyl (C=O) groups excluding carboxylic acids is 1. The first kappa shape index (κ1) is 19.7. The number of carbonyl (C=O) groups is 1. The SMILES string of the molecule is CCC(C)O[Si](C)(C)CCCCNC(=O)O[Si](C)(C)C. The van der Waals surface area contributed by atoms with E-state index in [0.717, 1.165) is 25.3 Å². The van der Waals surface area contributed by atoms with Crippen molar-refractivity contribution in [2.75, 3.05) is 6.54 Å². The summed E-state index contributed by atoms with van der Waals surface area (Å²) in [6.45, 7) is 15.5. The van der Waals surface area contributed by atoms with Crippen molar-refractivity contribution in [1.29, 1.82) is 0 Å². The molecule has 0 saturated heterocycles. The molecule has 0 saturated carbocycles. The van der Waals surface area contributed by atoms with Crippen LogP contribution in [-0.2, 0) is 8.85 Å². The van der Waals surface area contributed by atoms with Crippen LogP contribution in [-0.4, -0.2) is 35.4 Å². The molecule has 1 atom stereocenters. The van der Waals surface area contributed by atoms with Gasteiger partial charge in [0.2, 0.25) is 8.32 Å². The molecule has 0 aromatic heterocycles. The van der Waals surface area contributed by atoms with Crippen LogP contribution < -0.4 is 5.32 Å². The van der Waals surface area contributed by atoms with Crippen LogP contribution >= 0.6 is 0 Å². The van der Waals surface area contributed by atoms with Crippen LogP contribution in [0.2, 0.25) is 38.8 Å². The van der Waals surface area contributed by atoms with E-state index in [-0.39, 0.29) is 6.09 Å². The topological polar surface area (TPSA) is 47.6 Å². The quantitative estimate of drug-likeness (QED) is 0.508. The van der Waals surface area contributed by atoms with Crippen molar-refractivity contribution in [1.82, 2.24) is 5.32 Å². The zero-order valence-corrected chi connectivity index (χ0v) is 16.3. The molecular formula is C14H33NO3Si2. The van der Waals surface area contributed by atoms with Gasteiger partial charge in [-0.2, -0.15) is 0 Å². The summed E-state index contributed by atoms with van der Waals surface area (Å²) in [5.74, 6) is 0. The number of hydrogen-bond acceptors (Lipinski definition) is 3. The van der Waals surface area contributed by atoms with E-state index >= 15 is 0 Å². The lowest BCUT2D eigenvalue weighted by Crippen LogP contribution is -2.36. The van der Waals surface area contributed by atoms with E-state index < -0.39 is 16.6 Å². The molecule has 0 aromatic carbocycles. The summed E-state index contributed by atoms with van der Waals surface area (Å²) in [6.07, 6.45) is 3.25. The second-order valence-corrected chi connectivity index (χ2v) is 15.7. The van der Waals surface area contributed by atoms with Crippen molar-refractivity contribution in [3.05, 3.63) is 0 Å². The lowest BCUT2D eigenvalue weighted by molar-refractivity contribution is 0.198. The van der Waals surface area contributed by atoms with Crippen molar-refractivity contribution >= 4 is 22.7 Å². The Bertz CT molecular complexity index is 291. The third-order valence-electron chi connectivity index (χ3n) is 2.97. The van der Waals surface area contributed by atoms with E-state index in [0.29, 0.717) is 12.6 Å². The van der Waals surface area contributed by atoms with Crippen molar-refractivity contribution < 1.29 is 13.6 Å². The van der Waals surface area contributed by atoms with Crippen LogP contribution in [0.25, 0.3) is 0 Å². The van der Waals surface area contributed by atoms with Crippen LogP contribution in [0, 0.1) is 0 Å². The summed E-state index contributed by atoms with van der Waals surface area (Å²) in [6, 6.07) is 1.14. The Morgan fingerprint density at radius 2 is 1.75 bits per heavy atom. The van der Waals surface area contributed by atoms with Crippen LogP contribution in [0.5, 0.6) is 0 Å². The fourth-order valence-corrected chi connectivity index (χ4v) is 4.97. The largest absolute Gasteiger partial charge is 0.504 e. The molecule has 120 valence electrons. The Hall–Kier alpha value is -0.336. The molecule has 20 heavy (non-hydrogen) atoms. The van der Waals surface area contributed by atoms with Gasteiger partial charge in [0.05, 0.1) is 0 Å². The zero-order chi connectivity index (χ0) is 15.8. The van der Waals surface area contributed by atoms with Gasteiger partial charge >= 0.3 is 6.09 Å². The molecule has 1 amide bonds. The monoisotopic (exact) mass is 319 g/mol. The third kappa shape index (κ3) is 11.5. The number of hydrogen-bond donors (Lipinski definition) is 1. The van der Waals surface area contributed by atoms with Crippen LogP contribution in [0.4, 0.5) is 4.79 Å². The van der Waals surface area contributed by atoms with E-state index in [1.165, 1.54) is 0 Å². The van der Waals surface area contributed by atoms with Gasteiger partial charge in [-0.15, -0.1) is 0 Å². The second kappa shape index (κ2) is 8.84.